The minimum atomic E-state index is -0.234. The summed E-state index contributed by atoms with van der Waals surface area (Å²) in [5.41, 5.74) is 6.69. The molecule has 0 heterocycles. The van der Waals surface area contributed by atoms with Gasteiger partial charge >= 0.3 is 0 Å². The average Bonchev–Trinajstić information content (AvgIpc) is 2.44. The summed E-state index contributed by atoms with van der Waals surface area (Å²) >= 11 is 0. The first-order chi connectivity index (χ1) is 10.2. The van der Waals surface area contributed by atoms with Crippen LogP contribution < -0.4 is 16.4 Å². The molecule has 0 saturated carbocycles. The number of carbonyl (C=O) groups is 2. The maximum atomic E-state index is 11.8. The van der Waals surface area contributed by atoms with Gasteiger partial charge in [0.25, 0.3) is 0 Å². The quantitative estimate of drug-likeness (QED) is 0.604. The van der Waals surface area contributed by atoms with Gasteiger partial charge in [0.1, 0.15) is 6.61 Å². The van der Waals surface area contributed by atoms with Crippen LogP contribution in [0.2, 0.25) is 0 Å². The van der Waals surface area contributed by atoms with Crippen LogP contribution in [0, 0.1) is 0 Å². The highest BCUT2D eigenvalue weighted by atomic mass is 16.5. The highest BCUT2D eigenvalue weighted by Crippen LogP contribution is 2.15. The molecule has 1 aromatic carbocycles. The molecule has 0 spiro atoms. The van der Waals surface area contributed by atoms with Crippen LogP contribution in [0.5, 0.6) is 0 Å². The molecule has 116 valence electrons. The maximum absolute atomic E-state index is 11.8. The van der Waals surface area contributed by atoms with Crippen molar-refractivity contribution >= 4 is 23.2 Å². The Morgan fingerprint density at radius 3 is 2.38 bits per heavy atom. The number of unbranched alkanes of at least 4 members (excludes halogenated alkanes) is 2. The number of ether oxygens (including phenoxy) is 1. The van der Waals surface area contributed by atoms with E-state index in [1.54, 1.807) is 24.3 Å². The fourth-order valence-corrected chi connectivity index (χ4v) is 1.83. The van der Waals surface area contributed by atoms with Crippen molar-refractivity contribution in [3.8, 4) is 0 Å². The van der Waals surface area contributed by atoms with Crippen molar-refractivity contribution in [3.05, 3.63) is 24.3 Å². The lowest BCUT2D eigenvalue weighted by Gasteiger charge is -2.08. The Morgan fingerprint density at radius 1 is 1.10 bits per heavy atom. The van der Waals surface area contributed by atoms with Crippen LogP contribution in [0.25, 0.3) is 0 Å². The molecule has 0 unspecified atom stereocenters. The van der Waals surface area contributed by atoms with Gasteiger partial charge in [0.15, 0.2) is 0 Å². The molecule has 6 heteroatoms. The number of nitrogens with one attached hydrogen (secondary N) is 2. The molecule has 0 aliphatic heterocycles. The van der Waals surface area contributed by atoms with E-state index in [4.69, 9.17) is 10.5 Å². The van der Waals surface area contributed by atoms with Gasteiger partial charge in [-0.15, -0.1) is 0 Å². The molecule has 4 N–H and O–H groups in total. The van der Waals surface area contributed by atoms with Gasteiger partial charge < -0.3 is 21.1 Å². The zero-order valence-electron chi connectivity index (χ0n) is 12.4. The Balaban J connectivity index is 2.44. The number of nitrogens with two attached hydrogens (primary N) is 1. The summed E-state index contributed by atoms with van der Waals surface area (Å²) in [6.07, 6.45) is 3.19. The van der Waals surface area contributed by atoms with E-state index in [2.05, 4.69) is 10.6 Å². The van der Waals surface area contributed by atoms with Crippen molar-refractivity contribution in [2.75, 3.05) is 30.9 Å². The number of methoxy groups -OCH3 is 1. The fourth-order valence-electron chi connectivity index (χ4n) is 1.83. The number of amides is 2. The first kappa shape index (κ1) is 17.1. The minimum Gasteiger partial charge on any atom is -0.375 e. The van der Waals surface area contributed by atoms with Gasteiger partial charge in [-0.1, -0.05) is 12.5 Å². The third kappa shape index (κ3) is 7.43. The third-order valence-electron chi connectivity index (χ3n) is 2.81. The molecule has 1 aromatic rings. The van der Waals surface area contributed by atoms with Crippen LogP contribution in [-0.2, 0) is 14.3 Å². The second kappa shape index (κ2) is 9.90. The number of benzene rings is 1. The van der Waals surface area contributed by atoms with E-state index in [1.165, 1.54) is 7.11 Å². The summed E-state index contributed by atoms with van der Waals surface area (Å²) in [5, 5.41) is 5.50. The Bertz CT molecular complexity index is 463. The molecular formula is C15H23N3O3. The van der Waals surface area contributed by atoms with E-state index < -0.39 is 0 Å². The van der Waals surface area contributed by atoms with Gasteiger partial charge in [0.2, 0.25) is 11.8 Å². The summed E-state index contributed by atoms with van der Waals surface area (Å²) in [7, 11) is 1.46. The largest absolute Gasteiger partial charge is 0.375 e. The zero-order valence-corrected chi connectivity index (χ0v) is 12.4. The van der Waals surface area contributed by atoms with Crippen molar-refractivity contribution in [1.29, 1.82) is 0 Å². The second-order valence-electron chi connectivity index (χ2n) is 4.71. The smallest absolute Gasteiger partial charge is 0.250 e. The third-order valence-corrected chi connectivity index (χ3v) is 2.81. The lowest BCUT2D eigenvalue weighted by atomic mass is 10.2. The molecule has 0 aromatic heterocycles. The molecule has 0 radical (unpaired) electrons. The van der Waals surface area contributed by atoms with E-state index in [-0.39, 0.29) is 18.4 Å². The number of hydrogen-bond donors (Lipinski definition) is 3. The van der Waals surface area contributed by atoms with Crippen LogP contribution in [0.3, 0.4) is 0 Å². The van der Waals surface area contributed by atoms with Crippen LogP contribution in [0.15, 0.2) is 24.3 Å². The number of anilines is 2. The Labute approximate surface area is 125 Å². The predicted molar refractivity (Wildman–Crippen MR) is 83.1 cm³/mol. The molecule has 6 nitrogen and oxygen atoms in total. The van der Waals surface area contributed by atoms with Gasteiger partial charge in [0, 0.05) is 24.9 Å². The summed E-state index contributed by atoms with van der Waals surface area (Å²) < 4.78 is 4.74. The first-order valence-electron chi connectivity index (χ1n) is 7.04. The highest BCUT2D eigenvalue weighted by molar-refractivity contribution is 5.94. The molecule has 0 bridgehead atoms. The molecule has 21 heavy (non-hydrogen) atoms. The number of rotatable bonds is 9. The highest BCUT2D eigenvalue weighted by Gasteiger charge is 2.05. The number of hydrogen-bond acceptors (Lipinski definition) is 4. The summed E-state index contributed by atoms with van der Waals surface area (Å²) in [6, 6.07) is 7.02. The van der Waals surface area contributed by atoms with Crippen molar-refractivity contribution < 1.29 is 14.3 Å². The molecule has 0 aliphatic carbocycles. The predicted octanol–water partition coefficient (Wildman–Crippen LogP) is 1.73. The van der Waals surface area contributed by atoms with Gasteiger partial charge in [-0.2, -0.15) is 0 Å². The van der Waals surface area contributed by atoms with Crippen LogP contribution in [0.4, 0.5) is 11.4 Å². The van der Waals surface area contributed by atoms with Crippen LogP contribution >= 0.6 is 0 Å². The fraction of sp³-hybridized carbons (Fsp3) is 0.467. The first-order valence-corrected chi connectivity index (χ1v) is 7.04. The van der Waals surface area contributed by atoms with E-state index in [9.17, 15) is 9.59 Å². The van der Waals surface area contributed by atoms with E-state index in [0.29, 0.717) is 24.3 Å². The Kier molecular flexibility index (Phi) is 8.08. The van der Waals surface area contributed by atoms with Crippen LogP contribution in [0.1, 0.15) is 25.7 Å². The second-order valence-corrected chi connectivity index (χ2v) is 4.71. The summed E-state index contributed by atoms with van der Waals surface area (Å²) in [6.45, 7) is 0.655. The molecule has 0 saturated heterocycles. The standard InChI is InChI=1S/C15H23N3O3/c1-21-11-15(20)18-13-7-5-6-12(10-13)17-14(19)8-3-2-4-9-16/h5-7,10H,2-4,8-9,11,16H2,1H3,(H,17,19)(H,18,20). The van der Waals surface area contributed by atoms with Gasteiger partial charge in [-0.3, -0.25) is 9.59 Å². The lowest BCUT2D eigenvalue weighted by molar-refractivity contribution is -0.119. The van der Waals surface area contributed by atoms with Gasteiger partial charge in [-0.05, 0) is 37.6 Å². The van der Waals surface area contributed by atoms with Crippen molar-refractivity contribution in [2.24, 2.45) is 5.73 Å². The Hall–Kier alpha value is -1.92. The topological polar surface area (TPSA) is 93.5 Å². The normalized spacial score (nSPS) is 10.2. The van der Waals surface area contributed by atoms with Crippen LogP contribution in [-0.4, -0.2) is 32.1 Å². The van der Waals surface area contributed by atoms with Gasteiger partial charge in [-0.25, -0.2) is 0 Å². The average molecular weight is 293 g/mol. The lowest BCUT2D eigenvalue weighted by Crippen LogP contribution is -2.17. The number of carbonyl (C=O) groups excluding carboxylic acids is 2. The molecule has 0 aliphatic rings. The van der Waals surface area contributed by atoms with Crippen molar-refractivity contribution in [1.82, 2.24) is 0 Å². The van der Waals surface area contributed by atoms with E-state index in [1.807, 2.05) is 0 Å². The summed E-state index contributed by atoms with van der Waals surface area (Å²) in [4.78, 5) is 23.2. The zero-order chi connectivity index (χ0) is 15.5. The molecule has 1 rings (SSSR count). The monoisotopic (exact) mass is 293 g/mol. The van der Waals surface area contributed by atoms with E-state index in [0.717, 1.165) is 19.3 Å². The molecule has 0 fully saturated rings. The minimum absolute atomic E-state index is 0.00225. The Morgan fingerprint density at radius 2 is 1.76 bits per heavy atom. The SMILES string of the molecule is COCC(=O)Nc1cccc(NC(=O)CCCCCN)c1. The van der Waals surface area contributed by atoms with E-state index >= 15 is 0 Å². The molecule has 2 amide bonds. The molecular weight excluding hydrogens is 270 g/mol. The van der Waals surface area contributed by atoms with Gasteiger partial charge in [0.05, 0.1) is 0 Å². The molecule has 0 atom stereocenters. The maximum Gasteiger partial charge on any atom is 0.250 e. The van der Waals surface area contributed by atoms with Crippen molar-refractivity contribution in [3.63, 3.8) is 0 Å². The summed E-state index contributed by atoms with van der Waals surface area (Å²) in [5.74, 6) is -0.268. The van der Waals surface area contributed by atoms with Crippen molar-refractivity contribution in [2.45, 2.75) is 25.7 Å².